The maximum Gasteiger partial charge on any atom is 0.310 e. The molecular weight excluding hydrogens is 624 g/mol. The van der Waals surface area contributed by atoms with Gasteiger partial charge in [-0.05, 0) is 64.2 Å². The van der Waals surface area contributed by atoms with Gasteiger partial charge in [0.15, 0.2) is 6.10 Å². The van der Waals surface area contributed by atoms with Crippen LogP contribution in [0.1, 0.15) is 168 Å². The highest BCUT2D eigenvalue weighted by molar-refractivity contribution is 5.72. The van der Waals surface area contributed by atoms with Crippen LogP contribution in [0.4, 0.5) is 0 Å². The van der Waals surface area contributed by atoms with Gasteiger partial charge in [-0.15, -0.1) is 0 Å². The molecule has 0 radical (unpaired) electrons. The van der Waals surface area contributed by atoms with Crippen LogP contribution in [0.2, 0.25) is 0 Å². The van der Waals surface area contributed by atoms with E-state index in [9.17, 15) is 14.4 Å². The third-order valence-electron chi connectivity index (χ3n) is 7.99. The molecule has 0 aromatic heterocycles. The number of carbonyl (C=O) groups excluding carboxylic acids is 3. The van der Waals surface area contributed by atoms with Gasteiger partial charge in [0.05, 0.1) is 6.42 Å². The van der Waals surface area contributed by atoms with Gasteiger partial charge < -0.3 is 14.2 Å². The monoisotopic (exact) mass is 697 g/mol. The van der Waals surface area contributed by atoms with Gasteiger partial charge in [-0.2, -0.15) is 0 Å². The summed E-state index contributed by atoms with van der Waals surface area (Å²) in [4.78, 5) is 37.4. The lowest BCUT2D eigenvalue weighted by Crippen LogP contribution is -2.30. The van der Waals surface area contributed by atoms with E-state index in [1.165, 1.54) is 38.5 Å². The molecule has 0 saturated heterocycles. The molecule has 0 aliphatic carbocycles. The lowest BCUT2D eigenvalue weighted by atomic mass is 10.1. The van der Waals surface area contributed by atoms with E-state index < -0.39 is 12.1 Å². The molecule has 0 saturated carbocycles. The molecule has 0 heterocycles. The van der Waals surface area contributed by atoms with E-state index in [1.807, 2.05) is 6.08 Å². The predicted molar refractivity (Wildman–Crippen MR) is 210 cm³/mol. The Morgan fingerprint density at radius 1 is 0.440 bits per heavy atom. The summed E-state index contributed by atoms with van der Waals surface area (Å²) in [5, 5.41) is 0. The Morgan fingerprint density at radius 2 is 0.840 bits per heavy atom. The molecule has 0 amide bonds. The molecule has 0 rings (SSSR count). The van der Waals surface area contributed by atoms with Crippen molar-refractivity contribution in [3.63, 3.8) is 0 Å². The highest BCUT2D eigenvalue weighted by Gasteiger charge is 2.19. The SMILES string of the molecule is CC/C=C\C/C=C\C/C=C\CCCCCCC(=O)OCC(COC(=O)CCCCCCCCCCC)OC(=O)C/C=C\C/C=C\C/C=C\CC. The van der Waals surface area contributed by atoms with Crippen molar-refractivity contribution in [2.75, 3.05) is 13.2 Å². The second kappa shape index (κ2) is 38.6. The summed E-state index contributed by atoms with van der Waals surface area (Å²) in [6.07, 6.45) is 46.4. The van der Waals surface area contributed by atoms with Crippen LogP contribution in [0.15, 0.2) is 72.9 Å². The van der Waals surface area contributed by atoms with E-state index in [0.717, 1.165) is 89.9 Å². The molecule has 0 spiro atoms. The fourth-order valence-corrected chi connectivity index (χ4v) is 5.05. The van der Waals surface area contributed by atoms with E-state index in [0.29, 0.717) is 12.8 Å². The van der Waals surface area contributed by atoms with Crippen molar-refractivity contribution in [3.05, 3.63) is 72.9 Å². The molecule has 0 aliphatic heterocycles. The first-order valence-corrected chi connectivity index (χ1v) is 19.9. The highest BCUT2D eigenvalue weighted by Crippen LogP contribution is 2.12. The molecule has 0 fully saturated rings. The first-order chi connectivity index (χ1) is 24.5. The minimum Gasteiger partial charge on any atom is -0.462 e. The normalized spacial score (nSPS) is 12.8. The number of allylic oxidation sites excluding steroid dienone is 11. The molecule has 0 aromatic rings. The standard InChI is InChI=1S/C44H72O6/c1-4-7-10-13-16-19-20-21-22-23-26-28-31-34-37-43(46)49-40-41(50-44(47)38-35-32-29-25-18-15-12-9-6-3)39-48-42(45)36-33-30-27-24-17-14-11-8-5-2/h7,9-10,12,16,18-19,21-22,25,32,35,41H,4-6,8,11,13-15,17,20,23-24,26-31,33-34,36-40H2,1-3H3/b10-7-,12-9-,19-16-,22-21-,25-18-,35-32-. The van der Waals surface area contributed by atoms with Crippen LogP contribution in [-0.2, 0) is 28.6 Å². The first kappa shape index (κ1) is 46.9. The van der Waals surface area contributed by atoms with Gasteiger partial charge >= 0.3 is 17.9 Å². The van der Waals surface area contributed by atoms with Crippen LogP contribution in [0.5, 0.6) is 0 Å². The number of hydrogen-bond acceptors (Lipinski definition) is 6. The Morgan fingerprint density at radius 3 is 1.32 bits per heavy atom. The van der Waals surface area contributed by atoms with E-state index in [4.69, 9.17) is 14.2 Å². The molecule has 1 atom stereocenters. The summed E-state index contributed by atoms with van der Waals surface area (Å²) in [5.74, 6) is -1.08. The summed E-state index contributed by atoms with van der Waals surface area (Å²) in [7, 11) is 0. The average Bonchev–Trinajstić information content (AvgIpc) is 3.11. The zero-order valence-electron chi connectivity index (χ0n) is 32.1. The van der Waals surface area contributed by atoms with Crippen molar-refractivity contribution in [3.8, 4) is 0 Å². The zero-order valence-corrected chi connectivity index (χ0v) is 32.1. The van der Waals surface area contributed by atoms with Crippen molar-refractivity contribution in [1.82, 2.24) is 0 Å². The van der Waals surface area contributed by atoms with E-state index >= 15 is 0 Å². The molecule has 0 N–H and O–H groups in total. The minimum atomic E-state index is -0.827. The van der Waals surface area contributed by atoms with Crippen molar-refractivity contribution in [2.45, 2.75) is 175 Å². The van der Waals surface area contributed by atoms with Crippen LogP contribution in [0.3, 0.4) is 0 Å². The van der Waals surface area contributed by atoms with Gasteiger partial charge in [0.25, 0.3) is 0 Å². The molecule has 6 nitrogen and oxygen atoms in total. The lowest BCUT2D eigenvalue weighted by molar-refractivity contribution is -0.166. The van der Waals surface area contributed by atoms with E-state index in [-0.39, 0.29) is 31.6 Å². The van der Waals surface area contributed by atoms with Crippen molar-refractivity contribution >= 4 is 17.9 Å². The maximum absolute atomic E-state index is 12.5. The third kappa shape index (κ3) is 36.1. The van der Waals surface area contributed by atoms with Crippen molar-refractivity contribution in [1.29, 1.82) is 0 Å². The fourth-order valence-electron chi connectivity index (χ4n) is 5.05. The van der Waals surface area contributed by atoms with Crippen molar-refractivity contribution in [2.24, 2.45) is 0 Å². The van der Waals surface area contributed by atoms with Crippen LogP contribution in [0.25, 0.3) is 0 Å². The summed E-state index contributed by atoms with van der Waals surface area (Å²) < 4.78 is 16.5. The average molecular weight is 697 g/mol. The van der Waals surface area contributed by atoms with Crippen molar-refractivity contribution < 1.29 is 28.6 Å². The predicted octanol–water partition coefficient (Wildman–Crippen LogP) is 12.4. The first-order valence-electron chi connectivity index (χ1n) is 19.9. The molecule has 6 heteroatoms. The number of hydrogen-bond donors (Lipinski definition) is 0. The number of unbranched alkanes of at least 4 members (excludes halogenated alkanes) is 12. The van der Waals surface area contributed by atoms with Gasteiger partial charge in [-0.3, -0.25) is 14.4 Å². The van der Waals surface area contributed by atoms with E-state index in [2.05, 4.69) is 81.5 Å². The Balaban J connectivity index is 4.48. The minimum absolute atomic E-state index is 0.100. The molecule has 50 heavy (non-hydrogen) atoms. The van der Waals surface area contributed by atoms with Gasteiger partial charge in [0.2, 0.25) is 0 Å². The molecule has 0 aliphatic rings. The molecule has 284 valence electrons. The Bertz CT molecular complexity index is 986. The van der Waals surface area contributed by atoms with Crippen LogP contribution in [0, 0.1) is 0 Å². The van der Waals surface area contributed by atoms with E-state index in [1.54, 1.807) is 6.08 Å². The summed E-state index contributed by atoms with van der Waals surface area (Å²) in [6, 6.07) is 0. The smallest absolute Gasteiger partial charge is 0.310 e. The number of rotatable bonds is 34. The lowest BCUT2D eigenvalue weighted by Gasteiger charge is -2.18. The highest BCUT2D eigenvalue weighted by atomic mass is 16.6. The number of esters is 3. The molecule has 0 bridgehead atoms. The maximum atomic E-state index is 12.5. The van der Waals surface area contributed by atoms with Gasteiger partial charge in [-0.1, -0.05) is 158 Å². The van der Waals surface area contributed by atoms with Gasteiger partial charge in [0, 0.05) is 12.8 Å². The number of carbonyl (C=O) groups is 3. The Kier molecular flexibility index (Phi) is 36.2. The fraction of sp³-hybridized carbons (Fsp3) is 0.659. The zero-order chi connectivity index (χ0) is 36.6. The quantitative estimate of drug-likeness (QED) is 0.0288. The molecule has 1 unspecified atom stereocenters. The topological polar surface area (TPSA) is 78.9 Å². The van der Waals surface area contributed by atoms with Crippen LogP contribution in [-0.4, -0.2) is 37.2 Å². The van der Waals surface area contributed by atoms with Gasteiger partial charge in [0.1, 0.15) is 13.2 Å². The van der Waals surface area contributed by atoms with Crippen LogP contribution >= 0.6 is 0 Å². The Labute approximate surface area is 306 Å². The number of ether oxygens (including phenoxy) is 3. The third-order valence-corrected chi connectivity index (χ3v) is 7.99. The molecule has 0 aromatic carbocycles. The summed E-state index contributed by atoms with van der Waals surface area (Å²) in [6.45, 7) is 6.23. The summed E-state index contributed by atoms with van der Waals surface area (Å²) in [5.41, 5.74) is 0. The largest absolute Gasteiger partial charge is 0.462 e. The second-order valence-electron chi connectivity index (χ2n) is 12.8. The second-order valence-corrected chi connectivity index (χ2v) is 12.8. The van der Waals surface area contributed by atoms with Gasteiger partial charge in [-0.25, -0.2) is 0 Å². The molecular formula is C44H72O6. The van der Waals surface area contributed by atoms with Crippen LogP contribution < -0.4 is 0 Å². The summed E-state index contributed by atoms with van der Waals surface area (Å²) >= 11 is 0. The Hall–Kier alpha value is -3.15.